The number of hydrogen-bond acceptors (Lipinski definition) is 2. The molecule has 0 aliphatic carbocycles. The molecule has 2 nitrogen and oxygen atoms in total. The van der Waals surface area contributed by atoms with Crippen LogP contribution in [0.25, 0.3) is 0 Å². The zero-order valence-corrected chi connectivity index (χ0v) is 18.1. The van der Waals surface area contributed by atoms with Gasteiger partial charge in [-0.15, -0.1) is 0 Å². The fraction of sp³-hybridized carbons (Fsp3) is 0.440. The quantitative estimate of drug-likeness (QED) is 0.465. The Morgan fingerprint density at radius 1 is 1.27 bits per heavy atom. The number of ether oxygens (including phenoxy) is 2. The Morgan fingerprint density at radius 2 is 1.97 bits per heavy atom. The van der Waals surface area contributed by atoms with Crippen LogP contribution in [0.4, 0.5) is 13.2 Å². The first-order valence-electron chi connectivity index (χ1n) is 10.3. The third-order valence-electron chi connectivity index (χ3n) is 4.90. The van der Waals surface area contributed by atoms with Crippen molar-refractivity contribution in [2.45, 2.75) is 59.5 Å². The fourth-order valence-corrected chi connectivity index (χ4v) is 2.97. The molecule has 0 spiro atoms. The van der Waals surface area contributed by atoms with Crippen molar-refractivity contribution in [1.82, 2.24) is 0 Å². The summed E-state index contributed by atoms with van der Waals surface area (Å²) < 4.78 is 54.8. The van der Waals surface area contributed by atoms with E-state index in [0.717, 1.165) is 6.42 Å². The van der Waals surface area contributed by atoms with Gasteiger partial charge in [-0.25, -0.2) is 8.78 Å². The van der Waals surface area contributed by atoms with Crippen molar-refractivity contribution in [1.29, 1.82) is 0 Å². The molecule has 0 bridgehead atoms. The highest BCUT2D eigenvalue weighted by Crippen LogP contribution is 2.39. The molecule has 0 saturated carbocycles. The monoisotopic (exact) mass is 418 g/mol. The first-order chi connectivity index (χ1) is 14.2. The number of hydrogen-bond donors (Lipinski definition) is 0. The molecule has 0 radical (unpaired) electrons. The van der Waals surface area contributed by atoms with Crippen LogP contribution in [0.5, 0.6) is 5.75 Å². The van der Waals surface area contributed by atoms with Crippen molar-refractivity contribution in [3.05, 3.63) is 64.7 Å². The maximum Gasteiger partial charge on any atom is 0.201 e. The second-order valence-corrected chi connectivity index (χ2v) is 7.63. The Kier molecular flexibility index (Phi) is 8.37. The summed E-state index contributed by atoms with van der Waals surface area (Å²) in [6.07, 6.45) is 2.27. The first kappa shape index (κ1) is 23.8. The fourth-order valence-electron chi connectivity index (χ4n) is 2.97. The van der Waals surface area contributed by atoms with Gasteiger partial charge >= 0.3 is 0 Å². The van der Waals surface area contributed by atoms with Crippen LogP contribution in [-0.4, -0.2) is 12.7 Å². The van der Waals surface area contributed by atoms with Gasteiger partial charge in [0, 0.05) is 17.9 Å². The van der Waals surface area contributed by atoms with Gasteiger partial charge in [-0.05, 0) is 43.9 Å². The van der Waals surface area contributed by atoms with Crippen LogP contribution in [0.1, 0.15) is 51.7 Å². The molecule has 1 aliphatic rings. The zero-order chi connectivity index (χ0) is 22.4. The molecule has 162 valence electrons. The molecule has 0 fully saturated rings. The number of aryl methyl sites for hydroxylation is 1. The Balaban J connectivity index is 2.24. The molecule has 2 atom stereocenters. The zero-order valence-electron chi connectivity index (χ0n) is 18.1. The Labute approximate surface area is 177 Å². The van der Waals surface area contributed by atoms with Gasteiger partial charge in [-0.2, -0.15) is 4.39 Å². The largest absolute Gasteiger partial charge is 0.450 e. The summed E-state index contributed by atoms with van der Waals surface area (Å²) in [5.41, 5.74) is 0.950. The highest BCUT2D eigenvalue weighted by molar-refractivity contribution is 5.53. The highest BCUT2D eigenvalue weighted by Gasteiger charge is 2.28. The molecule has 0 aromatic heterocycles. The van der Waals surface area contributed by atoms with E-state index in [1.165, 1.54) is 0 Å². The third-order valence-corrected chi connectivity index (χ3v) is 4.90. The molecule has 1 aromatic rings. The molecule has 1 aromatic carbocycles. The van der Waals surface area contributed by atoms with Crippen LogP contribution in [0, 0.1) is 29.4 Å². The first-order valence-corrected chi connectivity index (χ1v) is 10.3. The number of rotatable bonds is 7. The minimum atomic E-state index is -1.11. The Hall–Kier alpha value is -2.45. The molecule has 5 heteroatoms. The van der Waals surface area contributed by atoms with Gasteiger partial charge in [-0.3, -0.25) is 0 Å². The Bertz CT molecular complexity index is 919. The predicted molar refractivity (Wildman–Crippen MR) is 114 cm³/mol. The molecule has 30 heavy (non-hydrogen) atoms. The van der Waals surface area contributed by atoms with Crippen LogP contribution >= 0.6 is 0 Å². The number of halogens is 3. The molecule has 0 saturated heterocycles. The smallest absolute Gasteiger partial charge is 0.201 e. The van der Waals surface area contributed by atoms with E-state index in [9.17, 15) is 13.2 Å². The van der Waals surface area contributed by atoms with Crippen molar-refractivity contribution in [3.63, 3.8) is 0 Å². The maximum atomic E-state index is 14.9. The summed E-state index contributed by atoms with van der Waals surface area (Å²) in [6.45, 7) is 15.6. The second-order valence-electron chi connectivity index (χ2n) is 7.63. The summed E-state index contributed by atoms with van der Waals surface area (Å²) >= 11 is 0. The maximum absolute atomic E-state index is 14.9. The number of allylic oxidation sites excluding steroid dienone is 3. The topological polar surface area (TPSA) is 18.5 Å². The van der Waals surface area contributed by atoms with E-state index in [2.05, 4.69) is 25.0 Å². The summed E-state index contributed by atoms with van der Waals surface area (Å²) in [6, 6.07) is 1.56. The van der Waals surface area contributed by atoms with E-state index in [1.54, 1.807) is 6.07 Å². The predicted octanol–water partition coefficient (Wildman–Crippen LogP) is 6.60. The lowest BCUT2D eigenvalue weighted by molar-refractivity contribution is 0.0522. The van der Waals surface area contributed by atoms with E-state index < -0.39 is 17.5 Å². The van der Waals surface area contributed by atoms with Gasteiger partial charge < -0.3 is 9.47 Å². The van der Waals surface area contributed by atoms with Crippen LogP contribution in [0.2, 0.25) is 0 Å². The lowest BCUT2D eigenvalue weighted by Gasteiger charge is -2.24. The van der Waals surface area contributed by atoms with Gasteiger partial charge in [0.05, 0.1) is 18.3 Å². The minimum absolute atomic E-state index is 0.103. The van der Waals surface area contributed by atoms with Crippen molar-refractivity contribution in [2.75, 3.05) is 6.61 Å². The summed E-state index contributed by atoms with van der Waals surface area (Å²) in [4.78, 5) is 0. The molecule has 2 rings (SSSR count). The van der Waals surface area contributed by atoms with E-state index >= 15 is 0 Å². The van der Waals surface area contributed by atoms with Gasteiger partial charge in [0.25, 0.3) is 0 Å². The summed E-state index contributed by atoms with van der Waals surface area (Å²) in [5.74, 6) is 1.98. The lowest BCUT2D eigenvalue weighted by Crippen LogP contribution is -2.15. The van der Waals surface area contributed by atoms with Crippen molar-refractivity contribution in [2.24, 2.45) is 5.92 Å². The molecule has 2 unspecified atom stereocenters. The van der Waals surface area contributed by atoms with Crippen molar-refractivity contribution in [3.8, 4) is 17.6 Å². The van der Waals surface area contributed by atoms with E-state index in [0.29, 0.717) is 30.6 Å². The molecule has 1 aliphatic heterocycles. The molecular formula is C25H29F3O2. The van der Waals surface area contributed by atoms with Gasteiger partial charge in [0.1, 0.15) is 0 Å². The lowest BCUT2D eigenvalue weighted by atomic mass is 9.95. The van der Waals surface area contributed by atoms with Gasteiger partial charge in [0.15, 0.2) is 23.2 Å². The highest BCUT2D eigenvalue weighted by atomic mass is 19.2. The molecule has 0 N–H and O–H groups in total. The van der Waals surface area contributed by atoms with Crippen LogP contribution in [0.3, 0.4) is 0 Å². The minimum Gasteiger partial charge on any atom is -0.450 e. The Morgan fingerprint density at radius 3 is 2.60 bits per heavy atom. The van der Waals surface area contributed by atoms with Crippen LogP contribution in [-0.2, 0) is 17.6 Å². The van der Waals surface area contributed by atoms with Crippen molar-refractivity contribution >= 4 is 0 Å². The normalized spacial score (nSPS) is 16.7. The van der Waals surface area contributed by atoms with Crippen LogP contribution in [0.15, 0.2) is 42.0 Å². The third kappa shape index (κ3) is 5.58. The van der Waals surface area contributed by atoms with Crippen LogP contribution < -0.4 is 4.74 Å². The van der Waals surface area contributed by atoms with Gasteiger partial charge in [0.2, 0.25) is 5.82 Å². The average molecular weight is 418 g/mol. The summed E-state index contributed by atoms with van der Waals surface area (Å²) in [7, 11) is 0. The molecule has 0 amide bonds. The SMILES string of the molecule is C=C(C#CC(C)COC(C)CC)/C(F)=C1/Oc2c(cc(CCC)c(F)c2F)CC1=C. The summed E-state index contributed by atoms with van der Waals surface area (Å²) in [5, 5.41) is 0. The number of fused-ring (bicyclic) bond motifs is 1. The average Bonchev–Trinajstić information content (AvgIpc) is 2.73. The molecule has 1 heterocycles. The standard InChI is InChI=1S/C25H29F3O2/c1-7-9-19-13-20-12-17(5)24(30-25(20)23(28)22(19)27)21(26)16(4)11-10-15(3)14-29-18(6)8-2/h13,15,18H,4-5,7-9,12,14H2,1-3,6H3/b24-21-. The van der Waals surface area contributed by atoms with Gasteiger partial charge in [-0.1, -0.05) is 45.3 Å². The number of benzene rings is 1. The second kappa shape index (κ2) is 10.5. The van der Waals surface area contributed by atoms with E-state index in [1.807, 2.05) is 27.7 Å². The molecular weight excluding hydrogens is 389 g/mol. The van der Waals surface area contributed by atoms with Crippen molar-refractivity contribution < 1.29 is 22.6 Å². The van der Waals surface area contributed by atoms with E-state index in [4.69, 9.17) is 9.47 Å². The van der Waals surface area contributed by atoms with E-state index in [-0.39, 0.29) is 41.1 Å².